The Hall–Kier alpha value is -2.95. The second kappa shape index (κ2) is 6.89. The van der Waals surface area contributed by atoms with Gasteiger partial charge < -0.3 is 4.90 Å². The van der Waals surface area contributed by atoms with Crippen LogP contribution in [0.5, 0.6) is 0 Å². The van der Waals surface area contributed by atoms with Gasteiger partial charge in [0.25, 0.3) is 0 Å². The second-order valence-electron chi connectivity index (χ2n) is 6.40. The monoisotopic (exact) mass is 332 g/mol. The first-order valence-corrected chi connectivity index (χ1v) is 8.60. The highest BCUT2D eigenvalue weighted by Crippen LogP contribution is 2.27. The molecule has 1 N–H and O–H groups in total. The Bertz CT molecular complexity index is 844. The van der Waals surface area contributed by atoms with E-state index in [9.17, 15) is 4.79 Å². The minimum absolute atomic E-state index is 0.0541. The number of rotatable bonds is 4. The predicted octanol–water partition coefficient (Wildman–Crippen LogP) is 3.14. The van der Waals surface area contributed by atoms with Crippen molar-refractivity contribution in [2.24, 2.45) is 5.92 Å². The number of nitrogens with zero attached hydrogens (tertiary/aromatic N) is 3. The first kappa shape index (κ1) is 15.6. The van der Waals surface area contributed by atoms with Gasteiger partial charge in [-0.05, 0) is 30.5 Å². The first-order valence-electron chi connectivity index (χ1n) is 8.60. The van der Waals surface area contributed by atoms with Crippen molar-refractivity contribution < 1.29 is 4.79 Å². The van der Waals surface area contributed by atoms with E-state index >= 15 is 0 Å². The summed E-state index contributed by atoms with van der Waals surface area (Å²) in [6.07, 6.45) is 2.27. The molecule has 2 aromatic carbocycles. The van der Waals surface area contributed by atoms with Crippen LogP contribution in [0.2, 0.25) is 0 Å². The summed E-state index contributed by atoms with van der Waals surface area (Å²) in [7, 11) is 0. The van der Waals surface area contributed by atoms with Crippen LogP contribution in [0.3, 0.4) is 0 Å². The average molecular weight is 332 g/mol. The van der Waals surface area contributed by atoms with Gasteiger partial charge in [-0.3, -0.25) is 4.79 Å². The van der Waals surface area contributed by atoms with Crippen molar-refractivity contribution in [3.8, 4) is 0 Å². The van der Waals surface area contributed by atoms with Crippen LogP contribution in [0.15, 0.2) is 60.7 Å². The summed E-state index contributed by atoms with van der Waals surface area (Å²) in [5.41, 5.74) is 3.98. The number of aromatic nitrogens is 3. The molecule has 0 saturated carbocycles. The molecule has 1 unspecified atom stereocenters. The van der Waals surface area contributed by atoms with E-state index in [4.69, 9.17) is 0 Å². The number of benzene rings is 2. The van der Waals surface area contributed by atoms with Crippen molar-refractivity contribution in [1.29, 1.82) is 0 Å². The molecule has 0 spiro atoms. The molecular formula is C20H20N4O. The lowest BCUT2D eigenvalue weighted by molar-refractivity contribution is -0.122. The van der Waals surface area contributed by atoms with E-state index in [1.807, 2.05) is 53.4 Å². The third kappa shape index (κ3) is 3.31. The van der Waals surface area contributed by atoms with Crippen molar-refractivity contribution in [2.75, 3.05) is 4.90 Å². The molecule has 1 aliphatic rings. The fourth-order valence-corrected chi connectivity index (χ4v) is 3.39. The van der Waals surface area contributed by atoms with Crippen LogP contribution in [0.4, 0.5) is 5.69 Å². The van der Waals surface area contributed by atoms with Gasteiger partial charge in [0.1, 0.15) is 0 Å². The van der Waals surface area contributed by atoms with Crippen LogP contribution in [-0.2, 0) is 24.2 Å². The number of aryl methyl sites for hydroxylation is 1. The molecule has 5 heteroatoms. The van der Waals surface area contributed by atoms with Crippen LogP contribution in [0.1, 0.15) is 23.4 Å². The van der Waals surface area contributed by atoms with Gasteiger partial charge in [-0.2, -0.15) is 15.4 Å². The molecule has 126 valence electrons. The van der Waals surface area contributed by atoms with Gasteiger partial charge in [0.2, 0.25) is 5.91 Å². The molecule has 25 heavy (non-hydrogen) atoms. The standard InChI is InChI=1S/C20H20N4O/c25-20(16-11-12-18-19(13-16)22-23-21-18)24(17-9-5-2-6-10-17)14-15-7-3-1-4-8-15/h1-10,16H,11-14H2,(H,21,22,23). The highest BCUT2D eigenvalue weighted by molar-refractivity contribution is 5.95. The lowest BCUT2D eigenvalue weighted by Crippen LogP contribution is -2.38. The van der Waals surface area contributed by atoms with Gasteiger partial charge in [-0.1, -0.05) is 48.5 Å². The topological polar surface area (TPSA) is 61.9 Å². The van der Waals surface area contributed by atoms with Crippen LogP contribution in [-0.4, -0.2) is 21.3 Å². The molecule has 0 radical (unpaired) electrons. The number of fused-ring (bicyclic) bond motifs is 1. The summed E-state index contributed by atoms with van der Waals surface area (Å²) in [6, 6.07) is 20.0. The van der Waals surface area contributed by atoms with E-state index < -0.39 is 0 Å². The minimum Gasteiger partial charge on any atom is -0.308 e. The Balaban J connectivity index is 1.60. The predicted molar refractivity (Wildman–Crippen MR) is 96.0 cm³/mol. The van der Waals surface area contributed by atoms with Crippen LogP contribution in [0.25, 0.3) is 0 Å². The maximum atomic E-state index is 13.3. The summed E-state index contributed by atoms with van der Waals surface area (Å²) in [5.74, 6) is 0.102. The zero-order valence-corrected chi connectivity index (χ0v) is 13.9. The van der Waals surface area contributed by atoms with Crippen molar-refractivity contribution in [3.63, 3.8) is 0 Å². The Labute approximate surface area is 146 Å². The second-order valence-corrected chi connectivity index (χ2v) is 6.40. The zero-order valence-electron chi connectivity index (χ0n) is 13.9. The zero-order chi connectivity index (χ0) is 17.1. The van der Waals surface area contributed by atoms with E-state index in [2.05, 4.69) is 27.5 Å². The summed E-state index contributed by atoms with van der Waals surface area (Å²) < 4.78 is 0. The lowest BCUT2D eigenvalue weighted by atomic mass is 9.88. The number of nitrogens with one attached hydrogen (secondary N) is 1. The maximum Gasteiger partial charge on any atom is 0.230 e. The molecule has 0 bridgehead atoms. The quantitative estimate of drug-likeness (QED) is 0.798. The van der Waals surface area contributed by atoms with Crippen LogP contribution in [0, 0.1) is 5.92 Å². The number of para-hydroxylation sites is 1. The first-order chi connectivity index (χ1) is 12.3. The molecule has 0 saturated heterocycles. The molecule has 0 aliphatic heterocycles. The van der Waals surface area contributed by atoms with Crippen LogP contribution >= 0.6 is 0 Å². The molecule has 5 nitrogen and oxygen atoms in total. The molecule has 1 aromatic heterocycles. The molecule has 1 aliphatic carbocycles. The van der Waals surface area contributed by atoms with Crippen LogP contribution < -0.4 is 4.90 Å². The highest BCUT2D eigenvalue weighted by atomic mass is 16.2. The Morgan fingerprint density at radius 3 is 2.44 bits per heavy atom. The SMILES string of the molecule is O=C(C1CCc2n[nH]nc2C1)N(Cc1ccccc1)c1ccccc1. The maximum absolute atomic E-state index is 13.3. The Morgan fingerprint density at radius 1 is 1.00 bits per heavy atom. The van der Waals surface area contributed by atoms with E-state index in [1.165, 1.54) is 0 Å². The van der Waals surface area contributed by atoms with Gasteiger partial charge >= 0.3 is 0 Å². The molecule has 0 fully saturated rings. The summed E-state index contributed by atoms with van der Waals surface area (Å²) >= 11 is 0. The minimum atomic E-state index is -0.0541. The van der Waals surface area contributed by atoms with E-state index in [-0.39, 0.29) is 11.8 Å². The van der Waals surface area contributed by atoms with Crippen molar-refractivity contribution >= 4 is 11.6 Å². The smallest absolute Gasteiger partial charge is 0.230 e. The number of amides is 1. The summed E-state index contributed by atoms with van der Waals surface area (Å²) in [6.45, 7) is 0.575. The molecule has 4 rings (SSSR count). The Kier molecular flexibility index (Phi) is 4.29. The number of carbonyl (C=O) groups excluding carboxylic acids is 1. The third-order valence-electron chi connectivity index (χ3n) is 4.74. The number of hydrogen-bond donors (Lipinski definition) is 1. The third-order valence-corrected chi connectivity index (χ3v) is 4.74. The van der Waals surface area contributed by atoms with Gasteiger partial charge in [-0.25, -0.2) is 0 Å². The average Bonchev–Trinajstić information content (AvgIpc) is 3.15. The molecule has 1 atom stereocenters. The molecule has 3 aromatic rings. The van der Waals surface area contributed by atoms with Crippen molar-refractivity contribution in [2.45, 2.75) is 25.8 Å². The van der Waals surface area contributed by atoms with Crippen molar-refractivity contribution in [3.05, 3.63) is 77.6 Å². The van der Waals surface area contributed by atoms with E-state index in [0.717, 1.165) is 35.5 Å². The van der Waals surface area contributed by atoms with Gasteiger partial charge in [-0.15, -0.1) is 0 Å². The Morgan fingerprint density at radius 2 is 1.68 bits per heavy atom. The van der Waals surface area contributed by atoms with E-state index in [0.29, 0.717) is 13.0 Å². The number of H-pyrrole nitrogens is 1. The highest BCUT2D eigenvalue weighted by Gasteiger charge is 2.31. The number of hydrogen-bond acceptors (Lipinski definition) is 3. The lowest BCUT2D eigenvalue weighted by Gasteiger charge is -2.29. The number of anilines is 1. The fraction of sp³-hybridized carbons (Fsp3) is 0.250. The number of carbonyl (C=O) groups is 1. The summed E-state index contributed by atoms with van der Waals surface area (Å²) in [4.78, 5) is 15.2. The largest absolute Gasteiger partial charge is 0.308 e. The normalized spacial score (nSPS) is 16.2. The summed E-state index contributed by atoms with van der Waals surface area (Å²) in [5, 5.41) is 11.0. The number of aromatic amines is 1. The van der Waals surface area contributed by atoms with Gasteiger partial charge in [0.15, 0.2) is 0 Å². The van der Waals surface area contributed by atoms with Crippen molar-refractivity contribution in [1.82, 2.24) is 15.4 Å². The molecule has 1 heterocycles. The van der Waals surface area contributed by atoms with E-state index in [1.54, 1.807) is 0 Å². The molecule has 1 amide bonds. The fourth-order valence-electron chi connectivity index (χ4n) is 3.39. The van der Waals surface area contributed by atoms with Gasteiger partial charge in [0.05, 0.1) is 17.9 Å². The van der Waals surface area contributed by atoms with Gasteiger partial charge in [0, 0.05) is 18.0 Å². The molecular weight excluding hydrogens is 312 g/mol.